The molecule has 4 rings (SSSR count). The van der Waals surface area contributed by atoms with Crippen molar-refractivity contribution >= 4 is 22.0 Å². The molecule has 1 aromatic rings. The van der Waals surface area contributed by atoms with Crippen molar-refractivity contribution in [1.29, 1.82) is 0 Å². The third kappa shape index (κ3) is 2.33. The van der Waals surface area contributed by atoms with Crippen molar-refractivity contribution in [2.24, 2.45) is 16.1 Å². The Morgan fingerprint density at radius 3 is 2.83 bits per heavy atom. The van der Waals surface area contributed by atoms with E-state index in [4.69, 9.17) is 29.7 Å². The molecule has 2 N–H and O–H groups in total. The van der Waals surface area contributed by atoms with Crippen molar-refractivity contribution in [2.75, 3.05) is 33.0 Å². The molecule has 0 amide bonds. The summed E-state index contributed by atoms with van der Waals surface area (Å²) in [6.45, 7) is 4.83. The smallest absolute Gasteiger partial charge is 0.283 e. The molecule has 0 aliphatic carbocycles. The fraction of sp³-hybridized carbons (Fsp3) is 0.588. The van der Waals surface area contributed by atoms with Crippen LogP contribution in [0.5, 0.6) is 5.75 Å². The lowest BCUT2D eigenvalue weighted by molar-refractivity contribution is -0.0901. The van der Waals surface area contributed by atoms with Gasteiger partial charge in [-0.25, -0.2) is 4.99 Å². The predicted molar refractivity (Wildman–Crippen MR) is 92.2 cm³/mol. The number of ether oxygens (including phenoxy) is 4. The maximum atomic E-state index is 6.36. The molecule has 0 radical (unpaired) electrons. The molecule has 0 bridgehead atoms. The Kier molecular flexibility index (Phi) is 3.97. The quantitative estimate of drug-likeness (QED) is 0.727. The molecule has 0 saturated carbocycles. The summed E-state index contributed by atoms with van der Waals surface area (Å²) in [5.74, 6) is 0.821. The second-order valence-electron chi connectivity index (χ2n) is 6.72. The summed E-state index contributed by atoms with van der Waals surface area (Å²) < 4.78 is 24.5. The number of nitrogens with zero attached hydrogens (tertiary/aromatic N) is 1. The highest BCUT2D eigenvalue weighted by Crippen LogP contribution is 2.56. The summed E-state index contributed by atoms with van der Waals surface area (Å²) in [7, 11) is 0. The average Bonchev–Trinajstić information content (AvgIpc) is 2.98. The molecule has 1 aromatic carbocycles. The Hall–Kier alpha value is -1.31. The first-order chi connectivity index (χ1) is 11.6. The SMILES string of the molecule is CC12COCCOCCC1Oc1ccc(Br)cc1C21COC(N)=N1. The van der Waals surface area contributed by atoms with E-state index in [9.17, 15) is 0 Å². The second kappa shape index (κ2) is 5.89. The van der Waals surface area contributed by atoms with Crippen molar-refractivity contribution in [3.05, 3.63) is 28.2 Å². The summed E-state index contributed by atoms with van der Waals surface area (Å²) in [5, 5.41) is 0. The van der Waals surface area contributed by atoms with Crippen LogP contribution >= 0.6 is 15.9 Å². The third-order valence-electron chi connectivity index (χ3n) is 5.34. The molecule has 24 heavy (non-hydrogen) atoms. The van der Waals surface area contributed by atoms with Crippen LogP contribution < -0.4 is 10.5 Å². The molecule has 3 heterocycles. The lowest BCUT2D eigenvalue weighted by atomic mass is 9.62. The number of aliphatic imine (C=N–C) groups is 1. The summed E-state index contributed by atoms with van der Waals surface area (Å²) in [6.07, 6.45) is 0.675. The topological polar surface area (TPSA) is 75.3 Å². The van der Waals surface area contributed by atoms with Crippen LogP contribution in [0.3, 0.4) is 0 Å². The Balaban J connectivity index is 1.89. The molecule has 0 aromatic heterocycles. The van der Waals surface area contributed by atoms with E-state index in [1.807, 2.05) is 18.2 Å². The van der Waals surface area contributed by atoms with Crippen LogP contribution in [0.1, 0.15) is 18.9 Å². The van der Waals surface area contributed by atoms with Crippen molar-refractivity contribution < 1.29 is 18.9 Å². The van der Waals surface area contributed by atoms with Crippen LogP contribution in [0, 0.1) is 5.41 Å². The fourth-order valence-electron chi connectivity index (χ4n) is 3.93. The summed E-state index contributed by atoms with van der Waals surface area (Å²) in [4.78, 5) is 4.77. The zero-order valence-corrected chi connectivity index (χ0v) is 15.2. The van der Waals surface area contributed by atoms with Crippen molar-refractivity contribution in [3.63, 3.8) is 0 Å². The number of amidine groups is 1. The van der Waals surface area contributed by atoms with E-state index >= 15 is 0 Å². The largest absolute Gasteiger partial charge is 0.489 e. The van der Waals surface area contributed by atoms with Gasteiger partial charge in [0.2, 0.25) is 0 Å². The number of nitrogens with two attached hydrogens (primary N) is 1. The van der Waals surface area contributed by atoms with Crippen LogP contribution in [0.2, 0.25) is 0 Å². The van der Waals surface area contributed by atoms with Crippen molar-refractivity contribution in [2.45, 2.75) is 25.0 Å². The van der Waals surface area contributed by atoms with Crippen LogP contribution in [-0.2, 0) is 19.7 Å². The molecule has 6 nitrogen and oxygen atoms in total. The van der Waals surface area contributed by atoms with Gasteiger partial charge in [-0.15, -0.1) is 0 Å². The normalized spacial score (nSPS) is 35.6. The summed E-state index contributed by atoms with van der Waals surface area (Å²) in [5.41, 5.74) is 5.88. The summed E-state index contributed by atoms with van der Waals surface area (Å²) >= 11 is 3.55. The van der Waals surface area contributed by atoms with Gasteiger partial charge >= 0.3 is 0 Å². The van der Waals surface area contributed by atoms with E-state index in [0.29, 0.717) is 33.0 Å². The fourth-order valence-corrected chi connectivity index (χ4v) is 4.29. The van der Waals surface area contributed by atoms with Crippen LogP contribution in [0.4, 0.5) is 0 Å². The number of benzene rings is 1. The first-order valence-electron chi connectivity index (χ1n) is 8.15. The third-order valence-corrected chi connectivity index (χ3v) is 5.83. The maximum Gasteiger partial charge on any atom is 0.283 e. The standard InChI is InChI=1S/C17H21BrN2O4/c1-16-9-22-7-6-21-5-4-14(16)24-13-3-2-11(18)8-12(13)17(16)10-23-15(19)20-17/h2-3,8,14H,4-7,9-10H2,1H3,(H2,19,20). The number of halogens is 1. The van der Waals surface area contributed by atoms with E-state index in [0.717, 1.165) is 22.2 Å². The van der Waals surface area contributed by atoms with Crippen LogP contribution in [0.25, 0.3) is 0 Å². The monoisotopic (exact) mass is 396 g/mol. The minimum absolute atomic E-state index is 0.0949. The zero-order chi connectivity index (χ0) is 16.8. The molecule has 3 unspecified atom stereocenters. The van der Waals surface area contributed by atoms with Gasteiger partial charge in [0, 0.05) is 16.5 Å². The van der Waals surface area contributed by atoms with E-state index in [2.05, 4.69) is 22.9 Å². The molecule has 1 saturated heterocycles. The number of hydrogen-bond donors (Lipinski definition) is 1. The Labute approximate surface area is 149 Å². The predicted octanol–water partition coefficient (Wildman–Crippen LogP) is 2.19. The molecule has 3 atom stereocenters. The summed E-state index contributed by atoms with van der Waals surface area (Å²) in [6, 6.07) is 6.21. The molecule has 3 aliphatic heterocycles. The van der Waals surface area contributed by atoms with Gasteiger partial charge in [0.1, 0.15) is 24.0 Å². The molecule has 1 fully saturated rings. The molecule has 7 heteroatoms. The van der Waals surface area contributed by atoms with E-state index < -0.39 is 11.0 Å². The Morgan fingerprint density at radius 2 is 2.04 bits per heavy atom. The molecular weight excluding hydrogens is 376 g/mol. The average molecular weight is 397 g/mol. The van der Waals surface area contributed by atoms with Gasteiger partial charge in [-0.1, -0.05) is 22.9 Å². The minimum atomic E-state index is -0.622. The minimum Gasteiger partial charge on any atom is -0.489 e. The van der Waals surface area contributed by atoms with E-state index in [1.54, 1.807) is 0 Å². The first kappa shape index (κ1) is 16.2. The maximum absolute atomic E-state index is 6.36. The second-order valence-corrected chi connectivity index (χ2v) is 7.63. The highest BCUT2D eigenvalue weighted by molar-refractivity contribution is 9.10. The van der Waals surface area contributed by atoms with Crippen molar-refractivity contribution in [1.82, 2.24) is 0 Å². The number of fused-ring (bicyclic) bond motifs is 4. The lowest BCUT2D eigenvalue weighted by Crippen LogP contribution is -2.58. The van der Waals surface area contributed by atoms with Gasteiger partial charge in [-0.05, 0) is 18.2 Å². The Morgan fingerprint density at radius 1 is 1.21 bits per heavy atom. The van der Waals surface area contributed by atoms with Gasteiger partial charge in [0.15, 0.2) is 0 Å². The van der Waals surface area contributed by atoms with Gasteiger partial charge in [-0.2, -0.15) is 0 Å². The number of hydrogen-bond acceptors (Lipinski definition) is 6. The molecule has 3 aliphatic rings. The molecular formula is C17H21BrN2O4. The highest BCUT2D eigenvalue weighted by Gasteiger charge is 2.61. The van der Waals surface area contributed by atoms with Crippen LogP contribution in [-0.4, -0.2) is 45.2 Å². The Bertz CT molecular complexity index is 683. The molecule has 1 spiro atoms. The molecule has 130 valence electrons. The highest BCUT2D eigenvalue weighted by atomic mass is 79.9. The zero-order valence-electron chi connectivity index (χ0n) is 13.6. The number of rotatable bonds is 0. The lowest BCUT2D eigenvalue weighted by Gasteiger charge is -2.51. The first-order valence-corrected chi connectivity index (χ1v) is 8.95. The van der Waals surface area contributed by atoms with E-state index in [-0.39, 0.29) is 12.1 Å². The van der Waals surface area contributed by atoms with Gasteiger partial charge in [0.05, 0.1) is 31.8 Å². The van der Waals surface area contributed by atoms with Gasteiger partial charge < -0.3 is 24.7 Å². The van der Waals surface area contributed by atoms with E-state index in [1.165, 1.54) is 0 Å². The van der Waals surface area contributed by atoms with Gasteiger partial charge in [0.25, 0.3) is 6.02 Å². The van der Waals surface area contributed by atoms with Crippen LogP contribution in [0.15, 0.2) is 27.7 Å². The van der Waals surface area contributed by atoms with Gasteiger partial charge in [-0.3, -0.25) is 0 Å². The van der Waals surface area contributed by atoms with Crippen molar-refractivity contribution in [3.8, 4) is 5.75 Å².